The number of aromatic nitrogens is 1. The Morgan fingerprint density at radius 2 is 2.05 bits per heavy atom. The van der Waals surface area contributed by atoms with E-state index in [1.165, 1.54) is 12.1 Å². The van der Waals surface area contributed by atoms with Crippen molar-refractivity contribution in [3.8, 4) is 0 Å². The largest absolute Gasteiger partial charge is 0.592 e. The van der Waals surface area contributed by atoms with Crippen molar-refractivity contribution in [2.24, 2.45) is 0 Å². The van der Waals surface area contributed by atoms with Gasteiger partial charge in [0.15, 0.2) is 9.90 Å². The maximum absolute atomic E-state index is 13.4. The summed E-state index contributed by atoms with van der Waals surface area (Å²) in [6, 6.07) is 4.29. The highest BCUT2D eigenvalue weighted by Gasteiger charge is 2.30. The van der Waals surface area contributed by atoms with E-state index in [4.69, 9.17) is 23.2 Å². The van der Waals surface area contributed by atoms with Crippen molar-refractivity contribution in [1.82, 2.24) is 4.98 Å². The number of hydrogen-bond donors (Lipinski definition) is 1. The van der Waals surface area contributed by atoms with Gasteiger partial charge in [-0.25, -0.2) is 14.1 Å². The lowest BCUT2D eigenvalue weighted by Gasteiger charge is -2.25. The summed E-state index contributed by atoms with van der Waals surface area (Å²) < 4.78 is 27.8. The SMILES string of the molecule is C=CC(C)(C)[S+]([O-])Nc1cc2cc(Cl)c(F)cc2nc1Cl. The number of anilines is 1. The average molecular weight is 347 g/mol. The van der Waals surface area contributed by atoms with Crippen molar-refractivity contribution in [2.45, 2.75) is 18.6 Å². The number of hydrogen-bond acceptors (Lipinski definition) is 3. The molecule has 0 fully saturated rings. The van der Waals surface area contributed by atoms with Gasteiger partial charge < -0.3 is 4.55 Å². The summed E-state index contributed by atoms with van der Waals surface area (Å²) in [6.45, 7) is 7.20. The predicted molar refractivity (Wildman–Crippen MR) is 87.8 cm³/mol. The molecule has 1 aromatic carbocycles. The first kappa shape index (κ1) is 16.4. The quantitative estimate of drug-likeness (QED) is 0.495. The summed E-state index contributed by atoms with van der Waals surface area (Å²) in [6.07, 6.45) is 1.59. The van der Waals surface area contributed by atoms with E-state index in [0.29, 0.717) is 16.6 Å². The molecular weight excluding hydrogens is 334 g/mol. The van der Waals surface area contributed by atoms with Crippen LogP contribution >= 0.6 is 23.2 Å². The molecule has 0 saturated carbocycles. The number of benzene rings is 1. The fourth-order valence-electron chi connectivity index (χ4n) is 1.52. The van der Waals surface area contributed by atoms with Crippen molar-refractivity contribution in [2.75, 3.05) is 4.72 Å². The van der Waals surface area contributed by atoms with E-state index >= 15 is 0 Å². The third-order valence-corrected chi connectivity index (χ3v) is 5.09. The zero-order valence-corrected chi connectivity index (χ0v) is 13.7. The molecule has 1 aromatic heterocycles. The van der Waals surface area contributed by atoms with Crippen LogP contribution in [0.2, 0.25) is 10.2 Å². The van der Waals surface area contributed by atoms with Gasteiger partial charge in [0.2, 0.25) is 0 Å². The van der Waals surface area contributed by atoms with Gasteiger partial charge >= 0.3 is 0 Å². The van der Waals surface area contributed by atoms with Gasteiger partial charge in [-0.3, -0.25) is 0 Å². The molecule has 0 aliphatic carbocycles. The lowest BCUT2D eigenvalue weighted by Crippen LogP contribution is -2.34. The van der Waals surface area contributed by atoms with Crippen LogP contribution in [0.4, 0.5) is 10.1 Å². The van der Waals surface area contributed by atoms with Crippen LogP contribution in [-0.2, 0) is 11.4 Å². The molecule has 21 heavy (non-hydrogen) atoms. The van der Waals surface area contributed by atoms with Gasteiger partial charge in [0.05, 0.1) is 21.9 Å². The van der Waals surface area contributed by atoms with Gasteiger partial charge in [0, 0.05) is 11.5 Å². The van der Waals surface area contributed by atoms with Crippen LogP contribution in [0.25, 0.3) is 10.9 Å². The minimum atomic E-state index is -1.44. The molecule has 2 rings (SSSR count). The highest BCUT2D eigenvalue weighted by Crippen LogP contribution is 2.30. The second kappa shape index (κ2) is 6.01. The van der Waals surface area contributed by atoms with E-state index in [9.17, 15) is 8.94 Å². The van der Waals surface area contributed by atoms with Crippen LogP contribution in [0.3, 0.4) is 0 Å². The molecule has 0 aliphatic rings. The van der Waals surface area contributed by atoms with Crippen molar-refractivity contribution in [3.63, 3.8) is 0 Å². The van der Waals surface area contributed by atoms with Gasteiger partial charge in [0.25, 0.3) is 0 Å². The van der Waals surface area contributed by atoms with Gasteiger partial charge in [-0.15, -0.1) is 0 Å². The van der Waals surface area contributed by atoms with Crippen molar-refractivity contribution < 1.29 is 8.94 Å². The summed E-state index contributed by atoms with van der Waals surface area (Å²) >= 11 is 10.4. The second-order valence-electron chi connectivity index (χ2n) is 4.96. The zero-order valence-electron chi connectivity index (χ0n) is 11.4. The van der Waals surface area contributed by atoms with Crippen LogP contribution in [0, 0.1) is 5.82 Å². The average Bonchev–Trinajstić information content (AvgIpc) is 2.42. The highest BCUT2D eigenvalue weighted by atomic mass is 35.5. The molecule has 3 nitrogen and oxygen atoms in total. The van der Waals surface area contributed by atoms with Crippen LogP contribution < -0.4 is 4.72 Å². The second-order valence-corrected chi connectivity index (χ2v) is 7.52. The first-order valence-corrected chi connectivity index (χ1v) is 7.92. The summed E-state index contributed by atoms with van der Waals surface area (Å²) in [5, 5.41) is 0.698. The van der Waals surface area contributed by atoms with E-state index < -0.39 is 21.9 Å². The normalized spacial score (nSPS) is 13.2. The van der Waals surface area contributed by atoms with Gasteiger partial charge in [-0.1, -0.05) is 29.8 Å². The first-order valence-electron chi connectivity index (χ1n) is 6.02. The number of nitrogens with one attached hydrogen (secondary N) is 1. The van der Waals surface area contributed by atoms with E-state index in [0.717, 1.165) is 0 Å². The Labute approximate surface area is 135 Å². The lowest BCUT2D eigenvalue weighted by atomic mass is 10.2. The maximum Gasteiger partial charge on any atom is 0.162 e. The topological polar surface area (TPSA) is 48.0 Å². The van der Waals surface area contributed by atoms with Crippen LogP contribution in [0.5, 0.6) is 0 Å². The fourth-order valence-corrected chi connectivity index (χ4v) is 2.71. The summed E-state index contributed by atoms with van der Waals surface area (Å²) in [5.74, 6) is -0.565. The molecule has 0 spiro atoms. The number of pyridine rings is 1. The summed E-state index contributed by atoms with van der Waals surface area (Å²) in [5.41, 5.74) is 0.765. The molecule has 7 heteroatoms. The number of fused-ring (bicyclic) bond motifs is 1. The van der Waals surface area contributed by atoms with Crippen LogP contribution in [0.15, 0.2) is 30.9 Å². The van der Waals surface area contributed by atoms with Crippen molar-refractivity contribution in [3.05, 3.63) is 46.8 Å². The molecule has 2 aromatic rings. The first-order chi connectivity index (χ1) is 9.74. The van der Waals surface area contributed by atoms with Gasteiger partial charge in [0.1, 0.15) is 11.5 Å². The Balaban J connectivity index is 2.43. The van der Waals surface area contributed by atoms with E-state index in [2.05, 4.69) is 16.3 Å². The molecule has 1 N–H and O–H groups in total. The Bertz CT molecular complexity index is 709. The highest BCUT2D eigenvalue weighted by molar-refractivity contribution is 7.94. The molecule has 0 saturated heterocycles. The predicted octanol–water partition coefficient (Wildman–Crippen LogP) is 4.72. The monoisotopic (exact) mass is 346 g/mol. The van der Waals surface area contributed by atoms with Gasteiger partial charge in [-0.2, -0.15) is 0 Å². The number of rotatable bonds is 4. The lowest BCUT2D eigenvalue weighted by molar-refractivity contribution is 0.577. The summed E-state index contributed by atoms with van der Waals surface area (Å²) in [4.78, 5) is 4.08. The molecule has 0 amide bonds. The fraction of sp³-hybridized carbons (Fsp3) is 0.214. The third kappa shape index (κ3) is 3.43. The van der Waals surface area contributed by atoms with Crippen LogP contribution in [-0.4, -0.2) is 14.3 Å². The van der Waals surface area contributed by atoms with E-state index in [-0.39, 0.29) is 10.2 Å². The smallest absolute Gasteiger partial charge is 0.162 e. The third-order valence-electron chi connectivity index (χ3n) is 2.98. The molecule has 1 atom stereocenters. The minimum Gasteiger partial charge on any atom is -0.592 e. The van der Waals surface area contributed by atoms with E-state index in [1.54, 1.807) is 26.0 Å². The summed E-state index contributed by atoms with van der Waals surface area (Å²) in [7, 11) is 0. The Morgan fingerprint density at radius 1 is 1.38 bits per heavy atom. The van der Waals surface area contributed by atoms with E-state index in [1.807, 2.05) is 0 Å². The standard InChI is InChI=1S/C14H13Cl2FN2OS/c1-4-14(2,3)21(20)19-12-6-8-5-9(15)10(17)7-11(8)18-13(12)16/h4-7,19H,1H2,2-3H3. The molecular formula is C14H13Cl2FN2OS. The van der Waals surface area contributed by atoms with Gasteiger partial charge in [-0.05, 0) is 32.1 Å². The maximum atomic E-state index is 13.4. The molecule has 0 bridgehead atoms. The minimum absolute atomic E-state index is 0.00915. The molecule has 0 aliphatic heterocycles. The molecule has 1 heterocycles. The molecule has 0 radical (unpaired) electrons. The Hall–Kier alpha value is -1.01. The zero-order chi connectivity index (χ0) is 15.8. The van der Waals surface area contributed by atoms with Crippen molar-refractivity contribution in [1.29, 1.82) is 0 Å². The molecule has 112 valence electrons. The number of halogens is 3. The Morgan fingerprint density at radius 3 is 2.67 bits per heavy atom. The Kier molecular flexibility index (Phi) is 4.68. The van der Waals surface area contributed by atoms with Crippen LogP contribution in [0.1, 0.15) is 13.8 Å². The van der Waals surface area contributed by atoms with Crippen molar-refractivity contribution >= 4 is 51.2 Å². The molecule has 1 unspecified atom stereocenters. The number of nitrogens with zero attached hydrogens (tertiary/aromatic N) is 1.